The van der Waals surface area contributed by atoms with Crippen molar-refractivity contribution in [2.75, 3.05) is 41.4 Å². The van der Waals surface area contributed by atoms with E-state index in [1.807, 2.05) is 25.1 Å². The van der Waals surface area contributed by atoms with E-state index >= 15 is 0 Å². The number of hydrogen-bond donors (Lipinski definition) is 2. The Bertz CT molecular complexity index is 477. The lowest BCUT2D eigenvalue weighted by Crippen LogP contribution is -2.37. The predicted molar refractivity (Wildman–Crippen MR) is 88.5 cm³/mol. The molecule has 0 radical (unpaired) electrons. The summed E-state index contributed by atoms with van der Waals surface area (Å²) in [6.45, 7) is 2.70. The standard InChI is InChI=1S/C16H27FN4O/c1-18-16(19-8-5-9-22-4)20-11-13-6-7-15(17)14(10-13)12-21(2)3/h6-7,10H,5,8-9,11-12H2,1-4H3,(H2,18,19,20). The summed E-state index contributed by atoms with van der Waals surface area (Å²) in [5, 5.41) is 6.43. The first kappa shape index (κ1) is 18.4. The lowest BCUT2D eigenvalue weighted by Gasteiger charge is -2.14. The van der Waals surface area contributed by atoms with Gasteiger partial charge >= 0.3 is 0 Å². The molecule has 0 fully saturated rings. The Balaban J connectivity index is 2.52. The van der Waals surface area contributed by atoms with E-state index < -0.39 is 0 Å². The van der Waals surface area contributed by atoms with Crippen molar-refractivity contribution in [2.24, 2.45) is 4.99 Å². The third-order valence-electron chi connectivity index (χ3n) is 3.10. The molecule has 0 heterocycles. The molecule has 22 heavy (non-hydrogen) atoms. The van der Waals surface area contributed by atoms with Gasteiger partial charge in [-0.25, -0.2) is 4.39 Å². The zero-order chi connectivity index (χ0) is 16.4. The average Bonchev–Trinajstić information content (AvgIpc) is 2.49. The Morgan fingerprint density at radius 1 is 1.32 bits per heavy atom. The Morgan fingerprint density at radius 3 is 2.73 bits per heavy atom. The van der Waals surface area contributed by atoms with Gasteiger partial charge in [-0.15, -0.1) is 0 Å². The highest BCUT2D eigenvalue weighted by Gasteiger charge is 2.05. The molecule has 0 amide bonds. The van der Waals surface area contributed by atoms with Gasteiger partial charge in [0.25, 0.3) is 0 Å². The Hall–Kier alpha value is -1.66. The zero-order valence-electron chi connectivity index (χ0n) is 13.9. The molecule has 0 aromatic heterocycles. The highest BCUT2D eigenvalue weighted by atomic mass is 19.1. The Kier molecular flexibility index (Phi) is 8.47. The fourth-order valence-electron chi connectivity index (χ4n) is 2.03. The van der Waals surface area contributed by atoms with E-state index in [2.05, 4.69) is 15.6 Å². The maximum atomic E-state index is 13.7. The van der Waals surface area contributed by atoms with Crippen LogP contribution in [0.3, 0.4) is 0 Å². The number of benzene rings is 1. The minimum Gasteiger partial charge on any atom is -0.385 e. The highest BCUT2D eigenvalue weighted by Crippen LogP contribution is 2.12. The zero-order valence-corrected chi connectivity index (χ0v) is 13.9. The van der Waals surface area contributed by atoms with E-state index in [1.165, 1.54) is 6.07 Å². The van der Waals surface area contributed by atoms with Crippen molar-refractivity contribution in [1.82, 2.24) is 15.5 Å². The topological polar surface area (TPSA) is 48.9 Å². The number of hydrogen-bond acceptors (Lipinski definition) is 3. The van der Waals surface area contributed by atoms with E-state index in [4.69, 9.17) is 4.74 Å². The molecule has 0 aliphatic heterocycles. The summed E-state index contributed by atoms with van der Waals surface area (Å²) in [6, 6.07) is 5.20. The van der Waals surface area contributed by atoms with E-state index in [9.17, 15) is 4.39 Å². The van der Waals surface area contributed by atoms with Crippen LogP contribution in [0.15, 0.2) is 23.2 Å². The fourth-order valence-corrected chi connectivity index (χ4v) is 2.03. The van der Waals surface area contributed by atoms with Crippen LogP contribution in [0.4, 0.5) is 4.39 Å². The van der Waals surface area contributed by atoms with Crippen molar-refractivity contribution in [2.45, 2.75) is 19.5 Å². The predicted octanol–water partition coefficient (Wildman–Crippen LogP) is 1.59. The molecular weight excluding hydrogens is 283 g/mol. The summed E-state index contributed by atoms with van der Waals surface area (Å²) >= 11 is 0. The molecule has 6 heteroatoms. The average molecular weight is 310 g/mol. The first-order chi connectivity index (χ1) is 10.6. The molecule has 0 bridgehead atoms. The molecule has 0 spiro atoms. The van der Waals surface area contributed by atoms with Crippen LogP contribution < -0.4 is 10.6 Å². The number of rotatable bonds is 8. The monoisotopic (exact) mass is 310 g/mol. The number of aliphatic imine (C=N–C) groups is 1. The van der Waals surface area contributed by atoms with Crippen LogP contribution in [0.5, 0.6) is 0 Å². The van der Waals surface area contributed by atoms with Gasteiger partial charge < -0.3 is 20.3 Å². The van der Waals surface area contributed by atoms with Crippen LogP contribution in [-0.2, 0) is 17.8 Å². The van der Waals surface area contributed by atoms with Crippen LogP contribution in [0.1, 0.15) is 17.5 Å². The van der Waals surface area contributed by atoms with E-state index in [0.29, 0.717) is 18.7 Å². The lowest BCUT2D eigenvalue weighted by atomic mass is 10.1. The normalized spacial score (nSPS) is 11.8. The SMILES string of the molecule is CN=C(NCCCOC)NCc1ccc(F)c(CN(C)C)c1. The van der Waals surface area contributed by atoms with Gasteiger partial charge in [-0.3, -0.25) is 4.99 Å². The van der Waals surface area contributed by atoms with Gasteiger partial charge in [-0.2, -0.15) is 0 Å². The second-order valence-corrected chi connectivity index (χ2v) is 5.36. The van der Waals surface area contributed by atoms with Gasteiger partial charge in [0, 0.05) is 46.0 Å². The van der Waals surface area contributed by atoms with Crippen LogP contribution >= 0.6 is 0 Å². The van der Waals surface area contributed by atoms with Crippen molar-refractivity contribution < 1.29 is 9.13 Å². The van der Waals surface area contributed by atoms with Gasteiger partial charge in [0.2, 0.25) is 0 Å². The maximum absolute atomic E-state index is 13.7. The molecule has 0 atom stereocenters. The third kappa shape index (κ3) is 6.87. The Labute approximate surface area is 132 Å². The number of nitrogens with one attached hydrogen (secondary N) is 2. The molecule has 0 saturated carbocycles. The fraction of sp³-hybridized carbons (Fsp3) is 0.562. The number of halogens is 1. The number of guanidine groups is 1. The number of methoxy groups -OCH3 is 1. The van der Waals surface area contributed by atoms with Gasteiger partial charge in [0.1, 0.15) is 5.82 Å². The van der Waals surface area contributed by atoms with Crippen LogP contribution in [0, 0.1) is 5.82 Å². The second-order valence-electron chi connectivity index (χ2n) is 5.36. The minimum absolute atomic E-state index is 0.167. The lowest BCUT2D eigenvalue weighted by molar-refractivity contribution is 0.195. The van der Waals surface area contributed by atoms with Crippen LogP contribution in [0.2, 0.25) is 0 Å². The van der Waals surface area contributed by atoms with Crippen LogP contribution in [-0.4, -0.2) is 52.3 Å². The van der Waals surface area contributed by atoms with Crippen molar-refractivity contribution in [3.05, 3.63) is 35.1 Å². The minimum atomic E-state index is -0.167. The van der Waals surface area contributed by atoms with Gasteiger partial charge in [0.05, 0.1) is 0 Å². The van der Waals surface area contributed by atoms with Gasteiger partial charge in [-0.05, 0) is 38.2 Å². The quantitative estimate of drug-likeness (QED) is 0.435. The Morgan fingerprint density at radius 2 is 2.09 bits per heavy atom. The van der Waals surface area contributed by atoms with Gasteiger partial charge in [0.15, 0.2) is 5.96 Å². The van der Waals surface area contributed by atoms with Crippen LogP contribution in [0.25, 0.3) is 0 Å². The molecule has 5 nitrogen and oxygen atoms in total. The van der Waals surface area contributed by atoms with Crippen molar-refractivity contribution >= 4 is 5.96 Å². The summed E-state index contributed by atoms with van der Waals surface area (Å²) in [4.78, 5) is 6.11. The smallest absolute Gasteiger partial charge is 0.191 e. The first-order valence-electron chi connectivity index (χ1n) is 7.42. The third-order valence-corrected chi connectivity index (χ3v) is 3.10. The van der Waals surface area contributed by atoms with Crippen molar-refractivity contribution in [3.63, 3.8) is 0 Å². The van der Waals surface area contributed by atoms with Gasteiger partial charge in [-0.1, -0.05) is 6.07 Å². The second kappa shape index (κ2) is 10.1. The molecule has 0 unspecified atom stereocenters. The molecule has 0 aliphatic carbocycles. The molecule has 1 aromatic rings. The largest absolute Gasteiger partial charge is 0.385 e. The summed E-state index contributed by atoms with van der Waals surface area (Å²) in [5.41, 5.74) is 1.73. The summed E-state index contributed by atoms with van der Waals surface area (Å²) in [6.07, 6.45) is 0.917. The highest BCUT2D eigenvalue weighted by molar-refractivity contribution is 5.79. The summed E-state index contributed by atoms with van der Waals surface area (Å²) in [5.74, 6) is 0.564. The summed E-state index contributed by atoms with van der Waals surface area (Å²) < 4.78 is 18.7. The molecule has 1 rings (SSSR count). The maximum Gasteiger partial charge on any atom is 0.191 e. The molecule has 0 saturated heterocycles. The van der Waals surface area contributed by atoms with Crippen molar-refractivity contribution in [3.8, 4) is 0 Å². The number of nitrogens with zero attached hydrogens (tertiary/aromatic N) is 2. The van der Waals surface area contributed by atoms with E-state index in [1.54, 1.807) is 20.2 Å². The van der Waals surface area contributed by atoms with E-state index in [-0.39, 0.29) is 5.82 Å². The summed E-state index contributed by atoms with van der Waals surface area (Å²) in [7, 11) is 7.27. The van der Waals surface area contributed by atoms with E-state index in [0.717, 1.165) is 31.1 Å². The molecule has 1 aromatic carbocycles. The molecular formula is C16H27FN4O. The molecule has 2 N–H and O–H groups in total. The molecule has 0 aliphatic rings. The first-order valence-corrected chi connectivity index (χ1v) is 7.42. The van der Waals surface area contributed by atoms with Crippen molar-refractivity contribution in [1.29, 1.82) is 0 Å². The number of ether oxygens (including phenoxy) is 1. The molecule has 124 valence electrons.